The van der Waals surface area contributed by atoms with Crippen LogP contribution in [0.2, 0.25) is 0 Å². The molecular formula is C17H17IO2. The minimum Gasteiger partial charge on any atom is -0.427 e. The van der Waals surface area contributed by atoms with E-state index in [-0.39, 0.29) is 5.97 Å². The molecule has 0 bridgehead atoms. The van der Waals surface area contributed by atoms with Gasteiger partial charge in [0.15, 0.2) is 0 Å². The largest absolute Gasteiger partial charge is 0.427 e. The number of halogens is 1. The van der Waals surface area contributed by atoms with Crippen molar-refractivity contribution in [2.75, 3.05) is 0 Å². The highest BCUT2D eigenvalue weighted by molar-refractivity contribution is 14.1. The van der Waals surface area contributed by atoms with Crippen LogP contribution in [0.4, 0.5) is 0 Å². The highest BCUT2D eigenvalue weighted by Gasteiger charge is 2.09. The minimum absolute atomic E-state index is 0.283. The fourth-order valence-corrected chi connectivity index (χ4v) is 2.87. The topological polar surface area (TPSA) is 26.3 Å². The van der Waals surface area contributed by atoms with Crippen molar-refractivity contribution in [2.24, 2.45) is 0 Å². The van der Waals surface area contributed by atoms with Crippen molar-refractivity contribution in [3.05, 3.63) is 62.2 Å². The van der Waals surface area contributed by atoms with Crippen LogP contribution in [0.5, 0.6) is 5.75 Å². The first-order valence-corrected chi connectivity index (χ1v) is 7.57. The lowest BCUT2D eigenvalue weighted by Gasteiger charge is -2.13. The number of ether oxygens (including phenoxy) is 1. The quantitative estimate of drug-likeness (QED) is 0.448. The predicted octanol–water partition coefficient (Wildman–Crippen LogP) is 4.42. The SMILES string of the molecule is CC(=O)Oc1cc(C)c(Cc2ccccc2I)c(C)c1. The number of hydrogen-bond donors (Lipinski definition) is 0. The summed E-state index contributed by atoms with van der Waals surface area (Å²) in [5.74, 6) is 0.341. The maximum atomic E-state index is 11.0. The summed E-state index contributed by atoms with van der Waals surface area (Å²) in [6.45, 7) is 5.54. The third-order valence-corrected chi connectivity index (χ3v) is 4.31. The number of rotatable bonds is 3. The van der Waals surface area contributed by atoms with Crippen LogP contribution in [0.15, 0.2) is 36.4 Å². The molecule has 2 nitrogen and oxygen atoms in total. The Kier molecular flexibility index (Phi) is 4.81. The molecule has 20 heavy (non-hydrogen) atoms. The molecule has 0 saturated carbocycles. The normalized spacial score (nSPS) is 10.4. The third kappa shape index (κ3) is 3.60. The molecule has 0 aliphatic rings. The summed E-state index contributed by atoms with van der Waals surface area (Å²) in [6, 6.07) is 12.2. The van der Waals surface area contributed by atoms with Gasteiger partial charge in [-0.05, 0) is 83.3 Å². The lowest BCUT2D eigenvalue weighted by molar-refractivity contribution is -0.131. The number of esters is 1. The summed E-state index contributed by atoms with van der Waals surface area (Å²) < 4.78 is 6.44. The van der Waals surface area contributed by atoms with E-state index in [1.165, 1.54) is 21.6 Å². The molecule has 2 aromatic carbocycles. The van der Waals surface area contributed by atoms with Crippen LogP contribution in [0.25, 0.3) is 0 Å². The highest BCUT2D eigenvalue weighted by Crippen LogP contribution is 2.25. The summed E-state index contributed by atoms with van der Waals surface area (Å²) in [7, 11) is 0. The number of benzene rings is 2. The van der Waals surface area contributed by atoms with Gasteiger partial charge in [0.05, 0.1) is 0 Å². The zero-order valence-electron chi connectivity index (χ0n) is 11.9. The molecule has 0 N–H and O–H groups in total. The van der Waals surface area contributed by atoms with E-state index < -0.39 is 0 Å². The molecule has 2 rings (SSSR count). The maximum absolute atomic E-state index is 11.0. The molecule has 0 radical (unpaired) electrons. The molecule has 104 valence electrons. The summed E-state index contributed by atoms with van der Waals surface area (Å²) in [5.41, 5.74) is 4.92. The van der Waals surface area contributed by atoms with Gasteiger partial charge in [-0.15, -0.1) is 0 Å². The molecule has 0 aliphatic heterocycles. The second-order valence-corrected chi connectivity index (χ2v) is 6.06. The third-order valence-electron chi connectivity index (χ3n) is 3.26. The van der Waals surface area contributed by atoms with Gasteiger partial charge in [-0.3, -0.25) is 4.79 Å². The molecular weight excluding hydrogens is 363 g/mol. The Hall–Kier alpha value is -1.36. The van der Waals surface area contributed by atoms with E-state index in [1.54, 1.807) is 0 Å². The van der Waals surface area contributed by atoms with E-state index in [1.807, 2.05) is 12.1 Å². The molecule has 2 aromatic rings. The van der Waals surface area contributed by atoms with Gasteiger partial charge < -0.3 is 4.74 Å². The van der Waals surface area contributed by atoms with E-state index >= 15 is 0 Å². The van der Waals surface area contributed by atoms with Crippen LogP contribution in [-0.4, -0.2) is 5.97 Å². The average Bonchev–Trinajstić information content (AvgIpc) is 2.35. The van der Waals surface area contributed by atoms with Gasteiger partial charge in [0.1, 0.15) is 5.75 Å². The molecule has 0 fully saturated rings. The van der Waals surface area contributed by atoms with Crippen LogP contribution in [0.3, 0.4) is 0 Å². The smallest absolute Gasteiger partial charge is 0.308 e. The summed E-state index contributed by atoms with van der Waals surface area (Å²) in [6.07, 6.45) is 0.900. The minimum atomic E-state index is -0.283. The summed E-state index contributed by atoms with van der Waals surface area (Å²) in [5, 5.41) is 0. The van der Waals surface area contributed by atoms with Gasteiger partial charge in [0.2, 0.25) is 0 Å². The maximum Gasteiger partial charge on any atom is 0.308 e. The first kappa shape index (κ1) is 15.0. The van der Waals surface area contributed by atoms with Crippen molar-refractivity contribution < 1.29 is 9.53 Å². The van der Waals surface area contributed by atoms with Crippen LogP contribution < -0.4 is 4.74 Å². The second kappa shape index (κ2) is 6.39. The first-order chi connectivity index (χ1) is 9.47. The molecule has 0 saturated heterocycles. The van der Waals surface area contributed by atoms with E-state index in [0.29, 0.717) is 5.75 Å². The average molecular weight is 380 g/mol. The standard InChI is InChI=1S/C17H17IO2/c1-11-8-15(20-13(3)19)9-12(2)16(11)10-14-6-4-5-7-17(14)18/h4-9H,10H2,1-3H3. The number of aryl methyl sites for hydroxylation is 2. The lowest BCUT2D eigenvalue weighted by Crippen LogP contribution is -2.04. The summed E-state index contributed by atoms with van der Waals surface area (Å²) >= 11 is 2.36. The van der Waals surface area contributed by atoms with Gasteiger partial charge in [-0.1, -0.05) is 18.2 Å². The van der Waals surface area contributed by atoms with E-state index in [0.717, 1.165) is 17.5 Å². The Morgan fingerprint density at radius 1 is 1.15 bits per heavy atom. The van der Waals surface area contributed by atoms with Gasteiger partial charge in [-0.2, -0.15) is 0 Å². The molecule has 3 heteroatoms. The van der Waals surface area contributed by atoms with Crippen molar-refractivity contribution >= 4 is 28.6 Å². The number of hydrogen-bond acceptors (Lipinski definition) is 2. The Balaban J connectivity index is 2.34. The Bertz CT molecular complexity index is 624. The van der Waals surface area contributed by atoms with Crippen LogP contribution in [0.1, 0.15) is 29.2 Å². The Morgan fingerprint density at radius 3 is 2.30 bits per heavy atom. The fourth-order valence-electron chi connectivity index (χ4n) is 2.29. The summed E-state index contributed by atoms with van der Waals surface area (Å²) in [4.78, 5) is 11.0. The molecule has 0 aliphatic carbocycles. The van der Waals surface area contributed by atoms with Crippen molar-refractivity contribution in [3.8, 4) is 5.75 Å². The molecule has 0 spiro atoms. The number of carbonyl (C=O) groups is 1. The van der Waals surface area contributed by atoms with Gasteiger partial charge in [0, 0.05) is 10.5 Å². The Labute approximate surface area is 133 Å². The van der Waals surface area contributed by atoms with Gasteiger partial charge in [-0.25, -0.2) is 0 Å². The van der Waals surface area contributed by atoms with Crippen molar-refractivity contribution in [1.82, 2.24) is 0 Å². The van der Waals surface area contributed by atoms with E-state index in [4.69, 9.17) is 4.74 Å². The van der Waals surface area contributed by atoms with Gasteiger partial charge >= 0.3 is 5.97 Å². The van der Waals surface area contributed by atoms with Crippen LogP contribution >= 0.6 is 22.6 Å². The monoisotopic (exact) mass is 380 g/mol. The zero-order valence-corrected chi connectivity index (χ0v) is 14.0. The second-order valence-electron chi connectivity index (χ2n) is 4.90. The molecule has 0 unspecified atom stereocenters. The van der Waals surface area contributed by atoms with Crippen LogP contribution in [0, 0.1) is 17.4 Å². The van der Waals surface area contributed by atoms with Crippen molar-refractivity contribution in [3.63, 3.8) is 0 Å². The number of carbonyl (C=O) groups excluding carboxylic acids is 1. The zero-order chi connectivity index (χ0) is 14.7. The molecule has 0 heterocycles. The molecule has 0 atom stereocenters. The van der Waals surface area contributed by atoms with E-state index in [2.05, 4.69) is 60.7 Å². The van der Waals surface area contributed by atoms with Crippen LogP contribution in [-0.2, 0) is 11.2 Å². The Morgan fingerprint density at radius 2 is 1.75 bits per heavy atom. The van der Waals surface area contributed by atoms with E-state index in [9.17, 15) is 4.79 Å². The van der Waals surface area contributed by atoms with Crippen molar-refractivity contribution in [1.29, 1.82) is 0 Å². The first-order valence-electron chi connectivity index (χ1n) is 6.49. The highest BCUT2D eigenvalue weighted by atomic mass is 127. The van der Waals surface area contributed by atoms with Gasteiger partial charge in [0.25, 0.3) is 0 Å². The lowest BCUT2D eigenvalue weighted by atomic mass is 9.96. The molecule has 0 aromatic heterocycles. The fraction of sp³-hybridized carbons (Fsp3) is 0.235. The van der Waals surface area contributed by atoms with Crippen molar-refractivity contribution in [2.45, 2.75) is 27.2 Å². The predicted molar refractivity (Wildman–Crippen MR) is 89.2 cm³/mol. The molecule has 0 amide bonds.